The third-order valence-electron chi connectivity index (χ3n) is 2.44. The third kappa shape index (κ3) is 3.16. The number of rotatable bonds is 6. The summed E-state index contributed by atoms with van der Waals surface area (Å²) in [6.45, 7) is 5.13. The molecule has 1 heterocycles. The molecular weight excluding hydrogens is 178 g/mol. The van der Waals surface area contributed by atoms with E-state index in [1.807, 2.05) is 6.07 Å². The Morgan fingerprint density at radius 2 is 2.36 bits per heavy atom. The molecule has 3 heteroatoms. The van der Waals surface area contributed by atoms with Crippen LogP contribution in [0.4, 0.5) is 0 Å². The van der Waals surface area contributed by atoms with Gasteiger partial charge in [-0.2, -0.15) is 0 Å². The van der Waals surface area contributed by atoms with Crippen molar-refractivity contribution in [1.29, 1.82) is 0 Å². The van der Waals surface area contributed by atoms with Crippen molar-refractivity contribution in [3.63, 3.8) is 0 Å². The van der Waals surface area contributed by atoms with Gasteiger partial charge in [-0.15, -0.1) is 0 Å². The molecule has 1 aromatic heterocycles. The first-order valence-corrected chi connectivity index (χ1v) is 5.05. The first kappa shape index (κ1) is 11.3. The summed E-state index contributed by atoms with van der Waals surface area (Å²) in [6.07, 6.45) is 4.65. The summed E-state index contributed by atoms with van der Waals surface area (Å²) in [5, 5.41) is 3.40. The van der Waals surface area contributed by atoms with Crippen LogP contribution in [0.5, 0.6) is 0 Å². The molecule has 3 nitrogen and oxygen atoms in total. The van der Waals surface area contributed by atoms with Gasteiger partial charge in [0.05, 0.1) is 18.6 Å². The maximum absolute atomic E-state index is 5.32. The van der Waals surface area contributed by atoms with Crippen molar-refractivity contribution < 1.29 is 9.15 Å². The number of ether oxygens (including phenoxy) is 1. The van der Waals surface area contributed by atoms with Crippen molar-refractivity contribution in [3.05, 3.63) is 24.2 Å². The molecule has 2 unspecified atom stereocenters. The molecule has 1 N–H and O–H groups in total. The molecule has 14 heavy (non-hydrogen) atoms. The molecule has 0 radical (unpaired) electrons. The van der Waals surface area contributed by atoms with Gasteiger partial charge >= 0.3 is 0 Å². The van der Waals surface area contributed by atoms with Crippen molar-refractivity contribution in [3.8, 4) is 0 Å². The number of hydrogen-bond donors (Lipinski definition) is 1. The predicted molar refractivity (Wildman–Crippen MR) is 56.3 cm³/mol. The van der Waals surface area contributed by atoms with Gasteiger partial charge in [0.2, 0.25) is 0 Å². The number of likely N-dealkylation sites (N-methyl/N-ethyl adjacent to an activating group) is 1. The Labute approximate surface area is 85.4 Å². The molecule has 0 fully saturated rings. The molecule has 0 saturated carbocycles. The maximum atomic E-state index is 5.32. The highest BCUT2D eigenvalue weighted by Gasteiger charge is 2.16. The average Bonchev–Trinajstić information content (AvgIpc) is 2.68. The summed E-state index contributed by atoms with van der Waals surface area (Å²) in [4.78, 5) is 0. The number of methoxy groups -OCH3 is 1. The number of nitrogens with one attached hydrogen (secondary N) is 1. The molecule has 0 saturated heterocycles. The van der Waals surface area contributed by atoms with Crippen LogP contribution in [-0.4, -0.2) is 25.8 Å². The fraction of sp³-hybridized carbons (Fsp3) is 0.636. The monoisotopic (exact) mass is 197 g/mol. The smallest absolute Gasteiger partial charge is 0.0935 e. The van der Waals surface area contributed by atoms with E-state index in [0.29, 0.717) is 6.04 Å². The van der Waals surface area contributed by atoms with E-state index in [-0.39, 0.29) is 6.10 Å². The van der Waals surface area contributed by atoms with Crippen molar-refractivity contribution in [2.75, 3.05) is 13.7 Å². The van der Waals surface area contributed by atoms with Gasteiger partial charge in [-0.3, -0.25) is 0 Å². The first-order valence-electron chi connectivity index (χ1n) is 5.05. The highest BCUT2D eigenvalue weighted by Crippen LogP contribution is 2.08. The van der Waals surface area contributed by atoms with Gasteiger partial charge in [-0.05, 0) is 31.5 Å². The Kier molecular flexibility index (Phi) is 4.70. The van der Waals surface area contributed by atoms with E-state index < -0.39 is 0 Å². The fourth-order valence-electron chi connectivity index (χ4n) is 1.49. The van der Waals surface area contributed by atoms with Gasteiger partial charge in [-0.25, -0.2) is 0 Å². The lowest BCUT2D eigenvalue weighted by Gasteiger charge is -2.23. The molecule has 80 valence electrons. The van der Waals surface area contributed by atoms with E-state index in [9.17, 15) is 0 Å². The Bertz CT molecular complexity index is 233. The summed E-state index contributed by atoms with van der Waals surface area (Å²) >= 11 is 0. The van der Waals surface area contributed by atoms with Gasteiger partial charge in [0, 0.05) is 13.2 Å². The lowest BCUT2D eigenvalue weighted by Crippen LogP contribution is -2.40. The lowest BCUT2D eigenvalue weighted by molar-refractivity contribution is 0.0836. The zero-order chi connectivity index (χ0) is 10.4. The Hall–Kier alpha value is -0.800. The average molecular weight is 197 g/mol. The van der Waals surface area contributed by atoms with Crippen molar-refractivity contribution in [1.82, 2.24) is 5.32 Å². The maximum Gasteiger partial charge on any atom is 0.0935 e. The van der Waals surface area contributed by atoms with Crippen LogP contribution in [0, 0.1) is 0 Å². The van der Waals surface area contributed by atoms with Crippen molar-refractivity contribution >= 4 is 0 Å². The van der Waals surface area contributed by atoms with Gasteiger partial charge < -0.3 is 14.5 Å². The summed E-state index contributed by atoms with van der Waals surface area (Å²) in [7, 11) is 1.74. The zero-order valence-electron chi connectivity index (χ0n) is 9.12. The largest absolute Gasteiger partial charge is 0.472 e. The lowest BCUT2D eigenvalue weighted by atomic mass is 10.0. The van der Waals surface area contributed by atoms with Crippen LogP contribution in [0.3, 0.4) is 0 Å². The zero-order valence-corrected chi connectivity index (χ0v) is 9.12. The van der Waals surface area contributed by atoms with Gasteiger partial charge in [0.15, 0.2) is 0 Å². The molecule has 0 aliphatic rings. The van der Waals surface area contributed by atoms with Crippen molar-refractivity contribution in [2.45, 2.75) is 32.4 Å². The standard InChI is InChI=1S/C11H19NO2/c1-4-12-11(9(2)13-3)7-10-5-6-14-8-10/h5-6,8-9,11-12H,4,7H2,1-3H3. The highest BCUT2D eigenvalue weighted by atomic mass is 16.5. The van der Waals surface area contributed by atoms with Crippen LogP contribution in [0.2, 0.25) is 0 Å². The summed E-state index contributed by atoms with van der Waals surface area (Å²) < 4.78 is 10.4. The molecule has 0 amide bonds. The minimum atomic E-state index is 0.213. The van der Waals surface area contributed by atoms with Crippen LogP contribution < -0.4 is 5.32 Å². The fourth-order valence-corrected chi connectivity index (χ4v) is 1.49. The predicted octanol–water partition coefficient (Wildman–Crippen LogP) is 1.84. The number of furan rings is 1. The van der Waals surface area contributed by atoms with Gasteiger partial charge in [-0.1, -0.05) is 6.92 Å². The highest BCUT2D eigenvalue weighted by molar-refractivity contribution is 5.08. The van der Waals surface area contributed by atoms with E-state index in [1.165, 1.54) is 5.56 Å². The van der Waals surface area contributed by atoms with E-state index in [2.05, 4.69) is 19.2 Å². The Balaban J connectivity index is 2.50. The number of hydrogen-bond acceptors (Lipinski definition) is 3. The molecule has 2 atom stereocenters. The van der Waals surface area contributed by atoms with Crippen LogP contribution in [0.1, 0.15) is 19.4 Å². The molecule has 1 rings (SSSR count). The third-order valence-corrected chi connectivity index (χ3v) is 2.44. The van der Waals surface area contributed by atoms with E-state index in [1.54, 1.807) is 19.6 Å². The van der Waals surface area contributed by atoms with E-state index in [4.69, 9.17) is 9.15 Å². The summed E-state index contributed by atoms with van der Waals surface area (Å²) in [6, 6.07) is 2.34. The van der Waals surface area contributed by atoms with Crippen LogP contribution >= 0.6 is 0 Å². The molecular formula is C11H19NO2. The quantitative estimate of drug-likeness (QED) is 0.755. The van der Waals surface area contributed by atoms with Gasteiger partial charge in [0.1, 0.15) is 0 Å². The van der Waals surface area contributed by atoms with E-state index in [0.717, 1.165) is 13.0 Å². The topological polar surface area (TPSA) is 34.4 Å². The molecule has 0 aliphatic heterocycles. The molecule has 0 aliphatic carbocycles. The molecule has 1 aromatic rings. The Morgan fingerprint density at radius 1 is 1.57 bits per heavy atom. The van der Waals surface area contributed by atoms with Crippen LogP contribution in [0.15, 0.2) is 23.0 Å². The van der Waals surface area contributed by atoms with E-state index >= 15 is 0 Å². The minimum absolute atomic E-state index is 0.213. The first-order chi connectivity index (χ1) is 6.77. The SMILES string of the molecule is CCNC(Cc1ccoc1)C(C)OC. The summed E-state index contributed by atoms with van der Waals surface area (Å²) in [5.41, 5.74) is 1.21. The normalized spacial score (nSPS) is 15.4. The van der Waals surface area contributed by atoms with Crippen LogP contribution in [0.25, 0.3) is 0 Å². The molecule has 0 spiro atoms. The second-order valence-corrected chi connectivity index (χ2v) is 3.44. The Morgan fingerprint density at radius 3 is 2.86 bits per heavy atom. The van der Waals surface area contributed by atoms with Crippen molar-refractivity contribution in [2.24, 2.45) is 0 Å². The second kappa shape index (κ2) is 5.83. The molecule has 0 aromatic carbocycles. The van der Waals surface area contributed by atoms with Gasteiger partial charge in [0.25, 0.3) is 0 Å². The second-order valence-electron chi connectivity index (χ2n) is 3.44. The van der Waals surface area contributed by atoms with Crippen LogP contribution in [-0.2, 0) is 11.2 Å². The summed E-state index contributed by atoms with van der Waals surface area (Å²) in [5.74, 6) is 0. The minimum Gasteiger partial charge on any atom is -0.472 e. The molecule has 0 bridgehead atoms.